The average Bonchev–Trinajstić information content (AvgIpc) is 2.45. The molecule has 116 valence electrons. The van der Waals surface area contributed by atoms with Crippen LogP contribution >= 0.6 is 11.6 Å². The Morgan fingerprint density at radius 1 is 1.00 bits per heavy atom. The molecule has 0 saturated carbocycles. The third kappa shape index (κ3) is 4.78. The van der Waals surface area contributed by atoms with Gasteiger partial charge in [-0.25, -0.2) is 4.79 Å². The number of hydrogen-bond donors (Lipinski definition) is 1. The summed E-state index contributed by atoms with van der Waals surface area (Å²) in [7, 11) is 0. The molecule has 4 heteroatoms. The maximum Gasteiger partial charge on any atom is 0.408 e. The van der Waals surface area contributed by atoms with Crippen LogP contribution < -0.4 is 5.32 Å². The largest absolute Gasteiger partial charge is 0.444 e. The molecule has 0 fully saturated rings. The highest BCUT2D eigenvalue weighted by Crippen LogP contribution is 2.24. The van der Waals surface area contributed by atoms with E-state index >= 15 is 0 Å². The van der Waals surface area contributed by atoms with Crippen molar-refractivity contribution in [3.8, 4) is 0 Å². The van der Waals surface area contributed by atoms with Gasteiger partial charge in [-0.15, -0.1) is 0 Å². The van der Waals surface area contributed by atoms with Gasteiger partial charge in [0.25, 0.3) is 0 Å². The van der Waals surface area contributed by atoms with Gasteiger partial charge in [0.15, 0.2) is 0 Å². The van der Waals surface area contributed by atoms with E-state index in [1.165, 1.54) is 0 Å². The van der Waals surface area contributed by atoms with Crippen molar-refractivity contribution in [3.05, 3.63) is 70.7 Å². The van der Waals surface area contributed by atoms with E-state index in [-0.39, 0.29) is 6.04 Å². The molecule has 1 N–H and O–H groups in total. The molecule has 2 rings (SSSR count). The van der Waals surface area contributed by atoms with Crippen molar-refractivity contribution in [2.75, 3.05) is 0 Å². The summed E-state index contributed by atoms with van der Waals surface area (Å²) in [4.78, 5) is 12.1. The SMILES string of the molecule is CC(C)(C)OC(=O)N[C@@H](c1ccccc1)c1ccc(Cl)cc1. The number of hydrogen-bond acceptors (Lipinski definition) is 2. The molecule has 2 aromatic rings. The number of halogens is 1. The van der Waals surface area contributed by atoms with Crippen molar-refractivity contribution in [2.45, 2.75) is 32.4 Å². The lowest BCUT2D eigenvalue weighted by Gasteiger charge is -2.24. The normalized spacial score (nSPS) is 12.5. The number of amides is 1. The van der Waals surface area contributed by atoms with E-state index in [0.717, 1.165) is 11.1 Å². The second kappa shape index (κ2) is 6.84. The Bertz CT molecular complexity index is 618. The Kier molecular flexibility index (Phi) is 5.09. The predicted molar refractivity (Wildman–Crippen MR) is 89.1 cm³/mol. The zero-order chi connectivity index (χ0) is 16.2. The Hall–Kier alpha value is -2.00. The highest BCUT2D eigenvalue weighted by molar-refractivity contribution is 6.30. The van der Waals surface area contributed by atoms with E-state index in [0.29, 0.717) is 5.02 Å². The summed E-state index contributed by atoms with van der Waals surface area (Å²) in [5.41, 5.74) is 1.39. The molecule has 0 heterocycles. The highest BCUT2D eigenvalue weighted by Gasteiger charge is 2.21. The zero-order valence-electron chi connectivity index (χ0n) is 13.0. The Balaban J connectivity index is 2.26. The Morgan fingerprint density at radius 2 is 1.55 bits per heavy atom. The first kappa shape index (κ1) is 16.4. The molecule has 0 aliphatic heterocycles. The maximum atomic E-state index is 12.1. The van der Waals surface area contributed by atoms with E-state index < -0.39 is 11.7 Å². The van der Waals surface area contributed by atoms with Crippen LogP contribution in [0.1, 0.15) is 37.9 Å². The molecule has 0 aliphatic rings. The quantitative estimate of drug-likeness (QED) is 0.869. The lowest BCUT2D eigenvalue weighted by Crippen LogP contribution is -2.35. The van der Waals surface area contributed by atoms with Gasteiger partial charge < -0.3 is 10.1 Å². The van der Waals surface area contributed by atoms with Crippen LogP contribution in [0.4, 0.5) is 4.79 Å². The summed E-state index contributed by atoms with van der Waals surface area (Å²) in [6.45, 7) is 5.52. The Morgan fingerprint density at radius 3 is 2.09 bits per heavy atom. The van der Waals surface area contributed by atoms with E-state index in [9.17, 15) is 4.79 Å². The van der Waals surface area contributed by atoms with Crippen LogP contribution in [0.25, 0.3) is 0 Å². The second-order valence-corrected chi connectivity index (χ2v) is 6.48. The van der Waals surface area contributed by atoms with Crippen LogP contribution in [0.3, 0.4) is 0 Å². The maximum absolute atomic E-state index is 12.1. The summed E-state index contributed by atoms with van der Waals surface area (Å²) in [5, 5.41) is 3.58. The summed E-state index contributed by atoms with van der Waals surface area (Å²) in [6.07, 6.45) is -0.448. The first-order valence-corrected chi connectivity index (χ1v) is 7.53. The van der Waals surface area contributed by atoms with Gasteiger partial charge in [0.2, 0.25) is 0 Å². The van der Waals surface area contributed by atoms with Crippen molar-refractivity contribution in [2.24, 2.45) is 0 Å². The topological polar surface area (TPSA) is 38.3 Å². The molecule has 0 aliphatic carbocycles. The fourth-order valence-electron chi connectivity index (χ4n) is 2.09. The predicted octanol–water partition coefficient (Wildman–Crippen LogP) is 4.95. The molecule has 1 amide bonds. The fraction of sp³-hybridized carbons (Fsp3) is 0.278. The molecule has 0 saturated heterocycles. The van der Waals surface area contributed by atoms with Gasteiger partial charge in [0.1, 0.15) is 5.60 Å². The molecule has 0 aromatic heterocycles. The van der Waals surface area contributed by atoms with E-state index in [2.05, 4.69) is 5.32 Å². The van der Waals surface area contributed by atoms with Crippen molar-refractivity contribution in [1.82, 2.24) is 5.32 Å². The van der Waals surface area contributed by atoms with Crippen LogP contribution in [0, 0.1) is 0 Å². The minimum absolute atomic E-state index is 0.284. The highest BCUT2D eigenvalue weighted by atomic mass is 35.5. The van der Waals surface area contributed by atoms with E-state index in [1.54, 1.807) is 0 Å². The van der Waals surface area contributed by atoms with Gasteiger partial charge in [0.05, 0.1) is 6.04 Å². The molecule has 3 nitrogen and oxygen atoms in total. The van der Waals surface area contributed by atoms with Crippen LogP contribution in [-0.2, 0) is 4.74 Å². The number of nitrogens with one attached hydrogen (secondary N) is 1. The molecule has 2 aromatic carbocycles. The first-order valence-electron chi connectivity index (χ1n) is 7.15. The number of carbonyl (C=O) groups excluding carboxylic acids is 1. The molecule has 22 heavy (non-hydrogen) atoms. The van der Waals surface area contributed by atoms with Crippen molar-refractivity contribution in [1.29, 1.82) is 0 Å². The number of carbonyl (C=O) groups is 1. The number of ether oxygens (including phenoxy) is 1. The van der Waals surface area contributed by atoms with E-state index in [1.807, 2.05) is 75.4 Å². The third-order valence-corrected chi connectivity index (χ3v) is 3.25. The third-order valence-electron chi connectivity index (χ3n) is 3.00. The summed E-state index contributed by atoms with van der Waals surface area (Å²) < 4.78 is 5.36. The van der Waals surface area contributed by atoms with E-state index in [4.69, 9.17) is 16.3 Å². The number of rotatable bonds is 3. The standard InChI is InChI=1S/C18H20ClNO2/c1-18(2,3)22-17(21)20-16(13-7-5-4-6-8-13)14-9-11-15(19)12-10-14/h4-12,16H,1-3H3,(H,20,21)/t16-/m0/s1. The minimum Gasteiger partial charge on any atom is -0.444 e. The number of alkyl carbamates (subject to hydrolysis) is 1. The zero-order valence-corrected chi connectivity index (χ0v) is 13.7. The molecule has 1 atom stereocenters. The first-order chi connectivity index (χ1) is 10.3. The van der Waals surface area contributed by atoms with Crippen molar-refractivity contribution in [3.63, 3.8) is 0 Å². The lowest BCUT2D eigenvalue weighted by atomic mass is 9.99. The average molecular weight is 318 g/mol. The minimum atomic E-state index is -0.536. The van der Waals surface area contributed by atoms with Gasteiger partial charge in [-0.3, -0.25) is 0 Å². The molecule has 0 unspecified atom stereocenters. The van der Waals surface area contributed by atoms with Gasteiger partial charge >= 0.3 is 6.09 Å². The smallest absolute Gasteiger partial charge is 0.408 e. The van der Waals surface area contributed by atoms with Gasteiger partial charge in [0, 0.05) is 5.02 Å². The van der Waals surface area contributed by atoms with Gasteiger partial charge in [-0.2, -0.15) is 0 Å². The lowest BCUT2D eigenvalue weighted by molar-refractivity contribution is 0.0512. The molecule has 0 radical (unpaired) electrons. The van der Waals surface area contributed by atoms with Crippen molar-refractivity contribution < 1.29 is 9.53 Å². The Labute approximate surface area is 136 Å². The van der Waals surface area contributed by atoms with Crippen molar-refractivity contribution >= 4 is 17.7 Å². The van der Waals surface area contributed by atoms with Crippen LogP contribution in [0.2, 0.25) is 5.02 Å². The monoisotopic (exact) mass is 317 g/mol. The van der Waals surface area contributed by atoms with Crippen LogP contribution in [0.5, 0.6) is 0 Å². The number of benzene rings is 2. The molecular weight excluding hydrogens is 298 g/mol. The van der Waals surface area contributed by atoms with Gasteiger partial charge in [-0.1, -0.05) is 54.1 Å². The molecule has 0 spiro atoms. The molecule has 0 bridgehead atoms. The summed E-state index contributed by atoms with van der Waals surface area (Å²) in [5.74, 6) is 0. The molecular formula is C18H20ClNO2. The fourth-order valence-corrected chi connectivity index (χ4v) is 2.21. The second-order valence-electron chi connectivity index (χ2n) is 6.04. The summed E-state index contributed by atoms with van der Waals surface area (Å²) in [6, 6.07) is 16.9. The van der Waals surface area contributed by atoms with Crippen LogP contribution in [-0.4, -0.2) is 11.7 Å². The van der Waals surface area contributed by atoms with Gasteiger partial charge in [-0.05, 0) is 44.0 Å². The van der Waals surface area contributed by atoms with Crippen LogP contribution in [0.15, 0.2) is 54.6 Å². The summed E-state index contributed by atoms with van der Waals surface area (Å²) >= 11 is 5.94.